The lowest BCUT2D eigenvalue weighted by Crippen LogP contribution is -2.43. The largest absolute Gasteiger partial charge is 0.326 e. The lowest BCUT2D eigenvalue weighted by Gasteiger charge is -2.34. The van der Waals surface area contributed by atoms with Gasteiger partial charge in [-0.2, -0.15) is 4.31 Å². The molecule has 2 N–H and O–H groups in total. The van der Waals surface area contributed by atoms with Gasteiger partial charge in [-0.3, -0.25) is 0 Å². The van der Waals surface area contributed by atoms with Crippen molar-refractivity contribution in [1.29, 1.82) is 0 Å². The molecule has 120 valence electrons. The van der Waals surface area contributed by atoms with Crippen molar-refractivity contribution in [3.63, 3.8) is 0 Å². The molecule has 0 heterocycles. The predicted molar refractivity (Wildman–Crippen MR) is 88.2 cm³/mol. The second-order valence-corrected chi connectivity index (χ2v) is 8.86. The molecule has 0 saturated heterocycles. The molecule has 0 aliphatic rings. The summed E-state index contributed by atoms with van der Waals surface area (Å²) in [5.41, 5.74) is 5.84. The van der Waals surface area contributed by atoms with E-state index in [0.717, 1.165) is 0 Å². The van der Waals surface area contributed by atoms with Crippen LogP contribution in [0.15, 0.2) is 17.0 Å². The summed E-state index contributed by atoms with van der Waals surface area (Å²) in [5.74, 6) is 0. The SMILES string of the molecule is CC(N(C)S(=O)(=O)c1ccc(Cl)c(CN)c1Cl)C(C)(C)C. The molecule has 0 radical (unpaired) electrons. The van der Waals surface area contributed by atoms with Gasteiger partial charge in [-0.25, -0.2) is 8.42 Å². The van der Waals surface area contributed by atoms with E-state index >= 15 is 0 Å². The van der Waals surface area contributed by atoms with Crippen LogP contribution in [-0.2, 0) is 16.6 Å². The number of hydrogen-bond acceptors (Lipinski definition) is 3. The summed E-state index contributed by atoms with van der Waals surface area (Å²) in [4.78, 5) is 0.0348. The Bertz CT molecular complexity index is 625. The standard InChI is InChI=1S/C14H22Cl2N2O2S/c1-9(14(2,3)4)18(5)21(19,20)12-7-6-11(15)10(8-17)13(12)16/h6-7,9H,8,17H2,1-5H3. The van der Waals surface area contributed by atoms with E-state index in [9.17, 15) is 8.42 Å². The van der Waals surface area contributed by atoms with Crippen molar-refractivity contribution in [2.24, 2.45) is 11.1 Å². The van der Waals surface area contributed by atoms with E-state index in [0.29, 0.717) is 10.6 Å². The summed E-state index contributed by atoms with van der Waals surface area (Å²) in [7, 11) is -2.16. The molecule has 0 bridgehead atoms. The molecule has 0 aliphatic carbocycles. The van der Waals surface area contributed by atoms with Gasteiger partial charge in [-0.1, -0.05) is 44.0 Å². The molecule has 1 aromatic carbocycles. The molecule has 0 aromatic heterocycles. The molecule has 0 amide bonds. The Balaban J connectivity index is 3.39. The first-order chi connectivity index (χ1) is 9.44. The monoisotopic (exact) mass is 352 g/mol. The zero-order valence-electron chi connectivity index (χ0n) is 12.9. The van der Waals surface area contributed by atoms with E-state index in [1.54, 1.807) is 7.05 Å². The highest BCUT2D eigenvalue weighted by molar-refractivity contribution is 7.89. The van der Waals surface area contributed by atoms with E-state index in [-0.39, 0.29) is 27.9 Å². The molecule has 4 nitrogen and oxygen atoms in total. The quantitative estimate of drug-likeness (QED) is 0.901. The van der Waals surface area contributed by atoms with Gasteiger partial charge in [0.2, 0.25) is 10.0 Å². The molecule has 1 atom stereocenters. The second-order valence-electron chi connectivity index (χ2n) is 6.11. The van der Waals surface area contributed by atoms with Crippen LogP contribution in [-0.4, -0.2) is 25.8 Å². The van der Waals surface area contributed by atoms with Crippen molar-refractivity contribution in [2.45, 2.75) is 45.2 Å². The highest BCUT2D eigenvalue weighted by atomic mass is 35.5. The van der Waals surface area contributed by atoms with E-state index in [1.165, 1.54) is 16.4 Å². The molecule has 1 unspecified atom stereocenters. The van der Waals surface area contributed by atoms with E-state index in [4.69, 9.17) is 28.9 Å². The summed E-state index contributed by atoms with van der Waals surface area (Å²) in [6, 6.07) is 2.74. The Labute approximate surface area is 137 Å². The minimum Gasteiger partial charge on any atom is -0.326 e. The van der Waals surface area contributed by atoms with Crippen LogP contribution in [0.3, 0.4) is 0 Å². The Morgan fingerprint density at radius 3 is 2.24 bits per heavy atom. The van der Waals surface area contributed by atoms with Crippen molar-refractivity contribution in [2.75, 3.05) is 7.05 Å². The number of rotatable bonds is 4. The number of sulfonamides is 1. The fraction of sp³-hybridized carbons (Fsp3) is 0.571. The minimum absolute atomic E-state index is 0.0348. The fourth-order valence-electron chi connectivity index (χ4n) is 1.87. The van der Waals surface area contributed by atoms with Gasteiger partial charge in [0.15, 0.2) is 0 Å². The van der Waals surface area contributed by atoms with Gasteiger partial charge in [0.05, 0.1) is 5.02 Å². The number of nitrogens with zero attached hydrogens (tertiary/aromatic N) is 1. The normalized spacial score (nSPS) is 14.5. The number of halogens is 2. The van der Waals surface area contributed by atoms with Gasteiger partial charge in [0.1, 0.15) is 4.90 Å². The van der Waals surface area contributed by atoms with Crippen molar-refractivity contribution >= 4 is 33.2 Å². The first kappa shape index (κ1) is 18.7. The van der Waals surface area contributed by atoms with Crippen LogP contribution in [0.25, 0.3) is 0 Å². The molecule has 1 rings (SSSR count). The molecule has 21 heavy (non-hydrogen) atoms. The third kappa shape index (κ3) is 3.71. The van der Waals surface area contributed by atoms with Crippen molar-refractivity contribution in [3.05, 3.63) is 27.7 Å². The smallest absolute Gasteiger partial charge is 0.244 e. The van der Waals surface area contributed by atoms with Gasteiger partial charge >= 0.3 is 0 Å². The van der Waals surface area contributed by atoms with Crippen molar-refractivity contribution in [1.82, 2.24) is 4.31 Å². The molecule has 1 aromatic rings. The average molecular weight is 353 g/mol. The Kier molecular flexibility index (Phi) is 5.73. The van der Waals surface area contributed by atoms with Crippen LogP contribution in [0.4, 0.5) is 0 Å². The minimum atomic E-state index is -3.71. The van der Waals surface area contributed by atoms with Crippen LogP contribution >= 0.6 is 23.2 Å². The highest BCUT2D eigenvalue weighted by Crippen LogP contribution is 2.34. The molecule has 7 heteroatoms. The zero-order chi connectivity index (χ0) is 16.6. The van der Waals surface area contributed by atoms with Crippen molar-refractivity contribution in [3.8, 4) is 0 Å². The maximum atomic E-state index is 12.8. The first-order valence-corrected chi connectivity index (χ1v) is 8.79. The third-order valence-corrected chi connectivity index (χ3v) is 6.68. The van der Waals surface area contributed by atoms with Crippen LogP contribution in [0.5, 0.6) is 0 Å². The number of hydrogen-bond donors (Lipinski definition) is 1. The Morgan fingerprint density at radius 1 is 1.29 bits per heavy atom. The third-order valence-electron chi connectivity index (χ3n) is 3.81. The summed E-state index contributed by atoms with van der Waals surface area (Å²) < 4.78 is 26.9. The summed E-state index contributed by atoms with van der Waals surface area (Å²) in [5, 5.41) is 0.464. The number of benzene rings is 1. The maximum Gasteiger partial charge on any atom is 0.244 e. The molecule has 0 fully saturated rings. The number of nitrogens with two attached hydrogens (primary N) is 1. The van der Waals surface area contributed by atoms with E-state index in [1.807, 2.05) is 27.7 Å². The van der Waals surface area contributed by atoms with Crippen LogP contribution in [0, 0.1) is 5.41 Å². The van der Waals surface area contributed by atoms with Crippen LogP contribution < -0.4 is 5.73 Å². The molecule has 0 spiro atoms. The fourth-order valence-corrected chi connectivity index (χ4v) is 4.32. The van der Waals surface area contributed by atoms with Gasteiger partial charge in [-0.15, -0.1) is 0 Å². The lowest BCUT2D eigenvalue weighted by atomic mass is 9.88. The molecular formula is C14H22Cl2N2O2S. The second kappa shape index (κ2) is 6.42. The van der Waals surface area contributed by atoms with E-state index in [2.05, 4.69) is 0 Å². The van der Waals surface area contributed by atoms with Gasteiger partial charge in [0.25, 0.3) is 0 Å². The summed E-state index contributed by atoms with van der Waals surface area (Å²) >= 11 is 12.2. The average Bonchev–Trinajstić information content (AvgIpc) is 2.36. The van der Waals surface area contributed by atoms with E-state index < -0.39 is 10.0 Å². The lowest BCUT2D eigenvalue weighted by molar-refractivity contribution is 0.216. The zero-order valence-corrected chi connectivity index (χ0v) is 15.3. The first-order valence-electron chi connectivity index (χ1n) is 6.59. The predicted octanol–water partition coefficient (Wildman–Crippen LogP) is 3.51. The topological polar surface area (TPSA) is 63.4 Å². The van der Waals surface area contributed by atoms with Crippen LogP contribution in [0.1, 0.15) is 33.3 Å². The summed E-state index contributed by atoms with van der Waals surface area (Å²) in [6.45, 7) is 7.90. The highest BCUT2D eigenvalue weighted by Gasteiger charge is 2.34. The van der Waals surface area contributed by atoms with Crippen molar-refractivity contribution < 1.29 is 8.42 Å². The summed E-state index contributed by atoms with van der Waals surface area (Å²) in [6.07, 6.45) is 0. The Hall–Kier alpha value is -0.330. The van der Waals surface area contributed by atoms with Crippen LogP contribution in [0.2, 0.25) is 10.0 Å². The van der Waals surface area contributed by atoms with Gasteiger partial charge in [-0.05, 0) is 24.5 Å². The molecule has 0 aliphatic heterocycles. The molecular weight excluding hydrogens is 331 g/mol. The Morgan fingerprint density at radius 2 is 1.81 bits per heavy atom. The van der Waals surface area contributed by atoms with Gasteiger partial charge in [0, 0.05) is 30.2 Å². The molecule has 0 saturated carbocycles. The maximum absolute atomic E-state index is 12.8. The van der Waals surface area contributed by atoms with Gasteiger partial charge < -0.3 is 5.73 Å².